The first-order valence-electron chi connectivity index (χ1n) is 8.75. The second-order valence-electron chi connectivity index (χ2n) is 6.98. The summed E-state index contributed by atoms with van der Waals surface area (Å²) in [4.78, 5) is 14.8. The molecule has 0 unspecified atom stereocenters. The van der Waals surface area contributed by atoms with Crippen molar-refractivity contribution in [2.75, 3.05) is 20.3 Å². The maximum absolute atomic E-state index is 12.7. The standard InChI is InChI=1S/C17H29NO3/c1-18(16(19)14-6-4-2-3-5-7-14)15-8-10-17(11-9-15)20-12-13-21-17/h14-15H,2-13H2,1H3. The first-order chi connectivity index (χ1) is 10.2. The van der Waals surface area contributed by atoms with Crippen molar-refractivity contribution >= 4 is 5.91 Å². The Labute approximate surface area is 128 Å². The number of ether oxygens (including phenoxy) is 2. The zero-order chi connectivity index (χ0) is 14.7. The Morgan fingerprint density at radius 2 is 1.52 bits per heavy atom. The van der Waals surface area contributed by atoms with E-state index in [0.717, 1.165) is 51.7 Å². The molecule has 3 aliphatic rings. The lowest BCUT2D eigenvalue weighted by Gasteiger charge is -2.40. The molecule has 2 aliphatic carbocycles. The van der Waals surface area contributed by atoms with Crippen molar-refractivity contribution in [1.82, 2.24) is 4.90 Å². The number of hydrogen-bond donors (Lipinski definition) is 0. The third-order valence-corrected chi connectivity index (χ3v) is 5.63. The van der Waals surface area contributed by atoms with Crippen LogP contribution in [0.15, 0.2) is 0 Å². The minimum absolute atomic E-state index is 0.271. The van der Waals surface area contributed by atoms with Gasteiger partial charge in [-0.25, -0.2) is 0 Å². The molecule has 2 saturated carbocycles. The lowest BCUT2D eigenvalue weighted by atomic mass is 9.88. The average molecular weight is 295 g/mol. The first-order valence-corrected chi connectivity index (χ1v) is 8.75. The molecule has 0 aromatic rings. The molecule has 1 heterocycles. The van der Waals surface area contributed by atoms with Gasteiger partial charge >= 0.3 is 0 Å². The van der Waals surface area contributed by atoms with Gasteiger partial charge in [-0.1, -0.05) is 25.7 Å². The highest BCUT2D eigenvalue weighted by atomic mass is 16.7. The van der Waals surface area contributed by atoms with Crippen LogP contribution < -0.4 is 0 Å². The summed E-state index contributed by atoms with van der Waals surface area (Å²) in [5.74, 6) is 0.335. The van der Waals surface area contributed by atoms with Crippen LogP contribution in [-0.4, -0.2) is 42.9 Å². The summed E-state index contributed by atoms with van der Waals surface area (Å²) in [5, 5.41) is 0. The summed E-state index contributed by atoms with van der Waals surface area (Å²) in [6, 6.07) is 0.374. The molecule has 0 aromatic carbocycles. The molecule has 0 aromatic heterocycles. The SMILES string of the molecule is CN(C(=O)C1CCCCCC1)C1CCC2(CC1)OCCO2. The van der Waals surface area contributed by atoms with E-state index in [1.807, 2.05) is 11.9 Å². The number of rotatable bonds is 2. The van der Waals surface area contributed by atoms with Crippen molar-refractivity contribution in [3.63, 3.8) is 0 Å². The molecule has 0 bridgehead atoms. The van der Waals surface area contributed by atoms with Crippen LogP contribution in [0.25, 0.3) is 0 Å². The van der Waals surface area contributed by atoms with E-state index < -0.39 is 0 Å². The van der Waals surface area contributed by atoms with E-state index in [-0.39, 0.29) is 11.7 Å². The van der Waals surface area contributed by atoms with Gasteiger partial charge < -0.3 is 14.4 Å². The van der Waals surface area contributed by atoms with Crippen molar-refractivity contribution in [2.24, 2.45) is 5.92 Å². The molecule has 1 aliphatic heterocycles. The van der Waals surface area contributed by atoms with E-state index in [1.54, 1.807) is 0 Å². The fourth-order valence-electron chi connectivity index (χ4n) is 4.21. The third kappa shape index (κ3) is 3.42. The van der Waals surface area contributed by atoms with Gasteiger partial charge in [0.1, 0.15) is 0 Å². The van der Waals surface area contributed by atoms with Crippen molar-refractivity contribution in [1.29, 1.82) is 0 Å². The molecular formula is C17H29NO3. The summed E-state index contributed by atoms with van der Waals surface area (Å²) in [5.41, 5.74) is 0. The van der Waals surface area contributed by atoms with Gasteiger partial charge in [0, 0.05) is 31.8 Å². The van der Waals surface area contributed by atoms with Gasteiger partial charge in [0.2, 0.25) is 5.91 Å². The molecule has 21 heavy (non-hydrogen) atoms. The smallest absolute Gasteiger partial charge is 0.225 e. The first kappa shape index (κ1) is 15.3. The Morgan fingerprint density at radius 3 is 2.10 bits per heavy atom. The van der Waals surface area contributed by atoms with Crippen LogP contribution >= 0.6 is 0 Å². The maximum Gasteiger partial charge on any atom is 0.225 e. The number of nitrogens with zero attached hydrogens (tertiary/aromatic N) is 1. The van der Waals surface area contributed by atoms with E-state index in [1.165, 1.54) is 25.7 Å². The van der Waals surface area contributed by atoms with Crippen molar-refractivity contribution in [3.8, 4) is 0 Å². The molecule has 3 rings (SSSR count). The van der Waals surface area contributed by atoms with Crippen LogP contribution in [0.2, 0.25) is 0 Å². The van der Waals surface area contributed by atoms with Crippen LogP contribution in [0, 0.1) is 5.92 Å². The predicted molar refractivity (Wildman–Crippen MR) is 80.9 cm³/mol. The van der Waals surface area contributed by atoms with Gasteiger partial charge in [-0.3, -0.25) is 4.79 Å². The summed E-state index contributed by atoms with van der Waals surface area (Å²) in [6.07, 6.45) is 11.1. The second-order valence-corrected chi connectivity index (χ2v) is 6.98. The van der Waals surface area contributed by atoms with Crippen LogP contribution in [0.5, 0.6) is 0 Å². The van der Waals surface area contributed by atoms with Gasteiger partial charge in [0.05, 0.1) is 13.2 Å². The number of carbonyl (C=O) groups is 1. The highest BCUT2D eigenvalue weighted by molar-refractivity contribution is 5.78. The summed E-state index contributed by atoms with van der Waals surface area (Å²) in [7, 11) is 2.01. The van der Waals surface area contributed by atoms with Gasteiger partial charge in [-0.15, -0.1) is 0 Å². The van der Waals surface area contributed by atoms with E-state index >= 15 is 0 Å². The number of amides is 1. The monoisotopic (exact) mass is 295 g/mol. The topological polar surface area (TPSA) is 38.8 Å². The normalized spacial score (nSPS) is 27.7. The highest BCUT2D eigenvalue weighted by Gasteiger charge is 2.42. The maximum atomic E-state index is 12.7. The molecule has 4 heteroatoms. The van der Waals surface area contributed by atoms with E-state index in [4.69, 9.17) is 9.47 Å². The summed E-state index contributed by atoms with van der Waals surface area (Å²) >= 11 is 0. The quantitative estimate of drug-likeness (QED) is 0.735. The Hall–Kier alpha value is -0.610. The molecule has 1 amide bonds. The molecular weight excluding hydrogens is 266 g/mol. The lowest BCUT2D eigenvalue weighted by molar-refractivity contribution is -0.185. The Kier molecular flexibility index (Phi) is 4.85. The fraction of sp³-hybridized carbons (Fsp3) is 0.941. The summed E-state index contributed by atoms with van der Waals surface area (Å²) < 4.78 is 11.6. The summed E-state index contributed by atoms with van der Waals surface area (Å²) in [6.45, 7) is 1.45. The van der Waals surface area contributed by atoms with E-state index in [2.05, 4.69) is 0 Å². The van der Waals surface area contributed by atoms with Crippen molar-refractivity contribution < 1.29 is 14.3 Å². The zero-order valence-electron chi connectivity index (χ0n) is 13.3. The number of hydrogen-bond acceptors (Lipinski definition) is 3. The Morgan fingerprint density at radius 1 is 0.952 bits per heavy atom. The zero-order valence-corrected chi connectivity index (χ0v) is 13.3. The van der Waals surface area contributed by atoms with Crippen LogP contribution in [0.4, 0.5) is 0 Å². The Bertz CT molecular complexity index is 347. The highest BCUT2D eigenvalue weighted by Crippen LogP contribution is 2.37. The molecule has 0 radical (unpaired) electrons. The van der Waals surface area contributed by atoms with Gasteiger partial charge in [0.25, 0.3) is 0 Å². The van der Waals surface area contributed by atoms with Gasteiger partial charge in [-0.2, -0.15) is 0 Å². The van der Waals surface area contributed by atoms with Gasteiger partial charge in [-0.05, 0) is 25.7 Å². The van der Waals surface area contributed by atoms with Crippen LogP contribution in [0.1, 0.15) is 64.2 Å². The lowest BCUT2D eigenvalue weighted by Crippen LogP contribution is -2.46. The molecule has 0 atom stereocenters. The van der Waals surface area contributed by atoms with Crippen molar-refractivity contribution in [2.45, 2.75) is 76.0 Å². The van der Waals surface area contributed by atoms with E-state index in [0.29, 0.717) is 11.9 Å². The minimum Gasteiger partial charge on any atom is -0.348 e. The molecule has 1 saturated heterocycles. The fourth-order valence-corrected chi connectivity index (χ4v) is 4.21. The molecule has 3 fully saturated rings. The number of carbonyl (C=O) groups excluding carboxylic acids is 1. The molecule has 4 nitrogen and oxygen atoms in total. The predicted octanol–water partition coefficient (Wildman–Crippen LogP) is 3.10. The molecule has 120 valence electrons. The van der Waals surface area contributed by atoms with Crippen LogP contribution in [-0.2, 0) is 14.3 Å². The molecule has 0 N–H and O–H groups in total. The Balaban J connectivity index is 1.53. The van der Waals surface area contributed by atoms with Crippen LogP contribution in [0.3, 0.4) is 0 Å². The largest absolute Gasteiger partial charge is 0.348 e. The average Bonchev–Trinajstić information content (AvgIpc) is 2.79. The third-order valence-electron chi connectivity index (χ3n) is 5.63. The minimum atomic E-state index is -0.317. The second kappa shape index (κ2) is 6.66. The van der Waals surface area contributed by atoms with Crippen molar-refractivity contribution in [3.05, 3.63) is 0 Å². The molecule has 1 spiro atoms. The van der Waals surface area contributed by atoms with E-state index in [9.17, 15) is 4.79 Å². The van der Waals surface area contributed by atoms with Gasteiger partial charge in [0.15, 0.2) is 5.79 Å².